The topological polar surface area (TPSA) is 43.3 Å². The summed E-state index contributed by atoms with van der Waals surface area (Å²) in [5, 5.41) is 4.00. The van der Waals surface area contributed by atoms with Crippen molar-refractivity contribution in [3.05, 3.63) is 74.1 Å². The second-order valence-electron chi connectivity index (χ2n) is 9.26. The van der Waals surface area contributed by atoms with Crippen LogP contribution in [0.15, 0.2) is 35.3 Å². The third-order valence-corrected chi connectivity index (χ3v) is 7.26. The van der Waals surface area contributed by atoms with E-state index in [-0.39, 0.29) is 11.5 Å². The summed E-state index contributed by atoms with van der Waals surface area (Å²) in [5.74, 6) is 0.809. The zero-order valence-electron chi connectivity index (χ0n) is 19.3. The smallest absolute Gasteiger partial charge is 0.199 e. The molecule has 1 aromatic heterocycles. The first-order valence-corrected chi connectivity index (χ1v) is 11.1. The Bertz CT molecular complexity index is 1270. The summed E-state index contributed by atoms with van der Waals surface area (Å²) in [4.78, 5) is 14.1. The highest BCUT2D eigenvalue weighted by atomic mass is 32.1. The number of aromatic nitrogens is 1. The van der Waals surface area contributed by atoms with Gasteiger partial charge in [-0.2, -0.15) is 0 Å². The molecule has 0 unspecified atom stereocenters. The first-order valence-electron chi connectivity index (χ1n) is 10.7. The molecule has 0 bridgehead atoms. The lowest BCUT2D eigenvalue weighted by atomic mass is 9.91. The number of rotatable bonds is 3. The first-order chi connectivity index (χ1) is 14.5. The molecular formula is C26H30N2O2S. The number of thiocarbonyl (C=S) groups is 1. The SMILES string of the molecule is Cc1ccc(CNC(=S)c2cn3c4c(c(C)c(C)c(C)c4c2=O)OC(C)(C)[C@@H]3C)cc1. The van der Waals surface area contributed by atoms with Gasteiger partial charge in [0.05, 0.1) is 22.5 Å². The van der Waals surface area contributed by atoms with Crippen molar-refractivity contribution in [2.75, 3.05) is 0 Å². The van der Waals surface area contributed by atoms with Crippen molar-refractivity contribution >= 4 is 28.1 Å². The molecule has 1 N–H and O–H groups in total. The Morgan fingerprint density at radius 1 is 1.10 bits per heavy atom. The van der Waals surface area contributed by atoms with E-state index in [1.54, 1.807) is 0 Å². The van der Waals surface area contributed by atoms with Gasteiger partial charge >= 0.3 is 0 Å². The highest BCUT2D eigenvalue weighted by Crippen LogP contribution is 2.43. The van der Waals surface area contributed by atoms with Crippen molar-refractivity contribution in [1.29, 1.82) is 0 Å². The first kappa shape index (κ1) is 21.6. The molecule has 0 saturated heterocycles. The molecule has 31 heavy (non-hydrogen) atoms. The maximum atomic E-state index is 13.6. The second-order valence-corrected chi connectivity index (χ2v) is 9.66. The zero-order valence-corrected chi connectivity index (χ0v) is 20.2. The molecule has 0 amide bonds. The maximum Gasteiger partial charge on any atom is 0.199 e. The Morgan fingerprint density at radius 2 is 1.74 bits per heavy atom. The highest BCUT2D eigenvalue weighted by molar-refractivity contribution is 7.80. The van der Waals surface area contributed by atoms with Gasteiger partial charge in [0, 0.05) is 12.7 Å². The van der Waals surface area contributed by atoms with Crippen LogP contribution in [0.4, 0.5) is 0 Å². The molecule has 2 aromatic carbocycles. The van der Waals surface area contributed by atoms with Crippen LogP contribution in [0.3, 0.4) is 0 Å². The lowest BCUT2D eigenvalue weighted by Gasteiger charge is -2.41. The molecule has 3 aromatic rings. The van der Waals surface area contributed by atoms with Gasteiger partial charge in [0.25, 0.3) is 0 Å². The predicted octanol–water partition coefficient (Wildman–Crippen LogP) is 5.43. The minimum Gasteiger partial charge on any atom is -0.483 e. The van der Waals surface area contributed by atoms with Crippen LogP contribution in [0.2, 0.25) is 0 Å². The quantitative estimate of drug-likeness (QED) is 0.558. The van der Waals surface area contributed by atoms with Gasteiger partial charge < -0.3 is 14.6 Å². The molecule has 1 atom stereocenters. The van der Waals surface area contributed by atoms with Crippen LogP contribution in [-0.4, -0.2) is 15.2 Å². The van der Waals surface area contributed by atoms with Gasteiger partial charge in [0.15, 0.2) is 5.43 Å². The van der Waals surface area contributed by atoms with Crippen LogP contribution < -0.4 is 15.5 Å². The van der Waals surface area contributed by atoms with Gasteiger partial charge in [-0.25, -0.2) is 0 Å². The summed E-state index contributed by atoms with van der Waals surface area (Å²) >= 11 is 5.70. The Kier molecular flexibility index (Phi) is 5.21. The number of nitrogens with zero attached hydrogens (tertiary/aromatic N) is 1. The molecule has 0 fully saturated rings. The summed E-state index contributed by atoms with van der Waals surface area (Å²) in [7, 11) is 0. The van der Waals surface area contributed by atoms with E-state index in [9.17, 15) is 4.79 Å². The average Bonchev–Trinajstić information content (AvgIpc) is 2.73. The standard InChI is InChI=1S/C26H30N2O2S/c1-14-8-10-19(11-9-14)12-27-25(31)20-13-28-18(5)26(6,7)30-24-17(4)15(2)16(3)21(22(24)28)23(20)29/h8-11,13,18H,12H2,1-7H3,(H,27,31)/t18-/m0/s1. The van der Waals surface area contributed by atoms with Crippen molar-refractivity contribution in [2.24, 2.45) is 0 Å². The molecule has 4 nitrogen and oxygen atoms in total. The summed E-state index contributed by atoms with van der Waals surface area (Å²) in [6, 6.07) is 8.35. The largest absolute Gasteiger partial charge is 0.483 e. The van der Waals surface area contributed by atoms with E-state index in [0.29, 0.717) is 22.5 Å². The zero-order chi connectivity index (χ0) is 22.7. The fourth-order valence-electron chi connectivity index (χ4n) is 4.29. The lowest BCUT2D eigenvalue weighted by molar-refractivity contribution is 0.0474. The second kappa shape index (κ2) is 7.49. The Labute approximate surface area is 189 Å². The molecule has 1 aliphatic heterocycles. The monoisotopic (exact) mass is 434 g/mol. The molecule has 0 aliphatic carbocycles. The lowest BCUT2D eigenvalue weighted by Crippen LogP contribution is -2.42. The van der Waals surface area contributed by atoms with Gasteiger partial charge in [-0.3, -0.25) is 4.79 Å². The van der Waals surface area contributed by atoms with Crippen molar-refractivity contribution in [3.63, 3.8) is 0 Å². The number of aryl methyl sites for hydroxylation is 2. The minimum atomic E-state index is -0.407. The molecule has 0 spiro atoms. The number of hydrogen-bond donors (Lipinski definition) is 1. The van der Waals surface area contributed by atoms with E-state index in [2.05, 4.69) is 75.7 Å². The van der Waals surface area contributed by atoms with Crippen molar-refractivity contribution < 1.29 is 4.74 Å². The molecule has 2 heterocycles. The number of pyridine rings is 1. The van der Waals surface area contributed by atoms with Crippen LogP contribution in [0.5, 0.6) is 5.75 Å². The molecule has 4 rings (SSSR count). The van der Waals surface area contributed by atoms with Gasteiger partial charge in [-0.1, -0.05) is 42.0 Å². The third-order valence-electron chi connectivity index (χ3n) is 6.90. The van der Waals surface area contributed by atoms with E-state index in [4.69, 9.17) is 17.0 Å². The van der Waals surface area contributed by atoms with Crippen molar-refractivity contribution in [3.8, 4) is 5.75 Å². The number of hydrogen-bond acceptors (Lipinski definition) is 3. The van der Waals surface area contributed by atoms with E-state index in [0.717, 1.165) is 33.5 Å². The Balaban J connectivity index is 1.86. The summed E-state index contributed by atoms with van der Waals surface area (Å²) in [6.45, 7) is 15.1. The molecular weight excluding hydrogens is 404 g/mol. The van der Waals surface area contributed by atoms with Crippen LogP contribution >= 0.6 is 12.2 Å². The fourth-order valence-corrected chi connectivity index (χ4v) is 4.51. The molecule has 0 saturated carbocycles. The fraction of sp³-hybridized carbons (Fsp3) is 0.385. The molecule has 5 heteroatoms. The van der Waals surface area contributed by atoms with E-state index >= 15 is 0 Å². The van der Waals surface area contributed by atoms with Gasteiger partial charge in [0.2, 0.25) is 0 Å². The van der Waals surface area contributed by atoms with Crippen LogP contribution in [-0.2, 0) is 6.54 Å². The third kappa shape index (κ3) is 3.45. The summed E-state index contributed by atoms with van der Waals surface area (Å²) in [6.07, 6.45) is 1.92. The highest BCUT2D eigenvalue weighted by Gasteiger charge is 2.37. The number of nitrogens with one attached hydrogen (secondary N) is 1. The van der Waals surface area contributed by atoms with Gasteiger partial charge in [-0.05, 0) is 70.7 Å². The maximum absolute atomic E-state index is 13.6. The van der Waals surface area contributed by atoms with Crippen LogP contribution in [0.1, 0.15) is 60.2 Å². The van der Waals surface area contributed by atoms with E-state index < -0.39 is 5.60 Å². The van der Waals surface area contributed by atoms with Crippen LogP contribution in [0.25, 0.3) is 10.9 Å². The summed E-state index contributed by atoms with van der Waals surface area (Å²) in [5.41, 5.74) is 6.49. The van der Waals surface area contributed by atoms with Crippen LogP contribution in [0, 0.1) is 27.7 Å². The van der Waals surface area contributed by atoms with Crippen molar-refractivity contribution in [1.82, 2.24) is 9.88 Å². The normalized spacial score (nSPS) is 16.8. The number of ether oxygens (including phenoxy) is 1. The van der Waals surface area contributed by atoms with Gasteiger partial charge in [-0.15, -0.1) is 0 Å². The molecule has 162 valence electrons. The minimum absolute atomic E-state index is 0.0370. The van der Waals surface area contributed by atoms with Gasteiger partial charge in [0.1, 0.15) is 16.3 Å². The number of benzene rings is 2. The predicted molar refractivity (Wildman–Crippen MR) is 132 cm³/mol. The Morgan fingerprint density at radius 3 is 2.39 bits per heavy atom. The van der Waals surface area contributed by atoms with Crippen molar-refractivity contribution in [2.45, 2.75) is 66.7 Å². The summed E-state index contributed by atoms with van der Waals surface area (Å²) < 4.78 is 8.62. The van der Waals surface area contributed by atoms with E-state index in [1.165, 1.54) is 5.56 Å². The van der Waals surface area contributed by atoms with E-state index in [1.807, 2.05) is 13.1 Å². The molecule has 0 radical (unpaired) electrons. The average molecular weight is 435 g/mol. The Hall–Kier alpha value is -2.66. The molecule has 1 aliphatic rings.